The van der Waals surface area contributed by atoms with Crippen LogP contribution in [0.25, 0.3) is 22.5 Å². The van der Waals surface area contributed by atoms with Crippen molar-refractivity contribution in [3.8, 4) is 22.5 Å². The summed E-state index contributed by atoms with van der Waals surface area (Å²) in [6, 6.07) is 10.3. The summed E-state index contributed by atoms with van der Waals surface area (Å²) in [5.41, 5.74) is 7.47. The second kappa shape index (κ2) is 5.29. The lowest BCUT2D eigenvalue weighted by molar-refractivity contribution is 0.436. The fourth-order valence-corrected chi connectivity index (χ4v) is 2.28. The molecular formula is C15H9BrF2N2O. The molecule has 3 nitrogen and oxygen atoms in total. The summed E-state index contributed by atoms with van der Waals surface area (Å²) in [5, 5.41) is 3.72. The second-order valence-electron chi connectivity index (χ2n) is 4.41. The molecule has 0 aliphatic heterocycles. The molecule has 1 aromatic heterocycles. The van der Waals surface area contributed by atoms with Crippen LogP contribution in [0.3, 0.4) is 0 Å². The van der Waals surface area contributed by atoms with Crippen LogP contribution in [0.15, 0.2) is 51.5 Å². The first-order chi connectivity index (χ1) is 10.1. The van der Waals surface area contributed by atoms with Crippen LogP contribution in [-0.4, -0.2) is 5.16 Å². The van der Waals surface area contributed by atoms with Gasteiger partial charge in [0, 0.05) is 5.56 Å². The van der Waals surface area contributed by atoms with E-state index in [9.17, 15) is 8.78 Å². The van der Waals surface area contributed by atoms with Crippen molar-refractivity contribution in [1.82, 2.24) is 5.16 Å². The van der Waals surface area contributed by atoms with Crippen molar-refractivity contribution in [2.75, 3.05) is 5.73 Å². The van der Waals surface area contributed by atoms with E-state index in [0.29, 0.717) is 26.9 Å². The molecule has 0 aliphatic carbocycles. The number of nitrogens with two attached hydrogens (primary N) is 1. The predicted molar refractivity (Wildman–Crippen MR) is 79.4 cm³/mol. The average Bonchev–Trinajstić information content (AvgIpc) is 2.85. The van der Waals surface area contributed by atoms with Gasteiger partial charge in [0.15, 0.2) is 11.6 Å². The highest BCUT2D eigenvalue weighted by atomic mass is 79.9. The van der Waals surface area contributed by atoms with Gasteiger partial charge >= 0.3 is 0 Å². The van der Waals surface area contributed by atoms with Crippen LogP contribution < -0.4 is 5.73 Å². The van der Waals surface area contributed by atoms with Crippen LogP contribution in [0.2, 0.25) is 0 Å². The molecule has 0 fully saturated rings. The van der Waals surface area contributed by atoms with Gasteiger partial charge in [-0.05, 0) is 51.8 Å². The number of hydrogen-bond acceptors (Lipinski definition) is 3. The van der Waals surface area contributed by atoms with Crippen LogP contribution >= 0.6 is 15.9 Å². The van der Waals surface area contributed by atoms with Gasteiger partial charge in [-0.15, -0.1) is 0 Å². The van der Waals surface area contributed by atoms with Crippen LogP contribution in [0, 0.1) is 11.6 Å². The highest BCUT2D eigenvalue weighted by Crippen LogP contribution is 2.37. The number of nitrogens with zero attached hydrogens (tertiary/aromatic N) is 1. The summed E-state index contributed by atoms with van der Waals surface area (Å²) in [7, 11) is 0. The van der Waals surface area contributed by atoms with Crippen LogP contribution in [0.1, 0.15) is 0 Å². The smallest absolute Gasteiger partial charge is 0.177 e. The summed E-state index contributed by atoms with van der Waals surface area (Å²) in [4.78, 5) is 0. The topological polar surface area (TPSA) is 52.0 Å². The first-order valence-corrected chi connectivity index (χ1v) is 6.82. The fraction of sp³-hybridized carbons (Fsp3) is 0. The monoisotopic (exact) mass is 350 g/mol. The van der Waals surface area contributed by atoms with Gasteiger partial charge in [-0.2, -0.15) is 0 Å². The number of benzene rings is 2. The van der Waals surface area contributed by atoms with E-state index < -0.39 is 5.82 Å². The molecule has 1 heterocycles. The van der Waals surface area contributed by atoms with Crippen molar-refractivity contribution < 1.29 is 13.3 Å². The minimum atomic E-state index is -0.424. The molecule has 0 spiro atoms. The third-order valence-corrected chi connectivity index (χ3v) is 3.68. The van der Waals surface area contributed by atoms with Crippen LogP contribution in [0.4, 0.5) is 14.6 Å². The third kappa shape index (κ3) is 2.54. The minimum absolute atomic E-state index is 0.167. The summed E-state index contributed by atoms with van der Waals surface area (Å²) < 4.78 is 32.3. The maximum Gasteiger partial charge on any atom is 0.177 e. The van der Waals surface area contributed by atoms with Crippen molar-refractivity contribution in [2.45, 2.75) is 0 Å². The Bertz CT molecular complexity index is 800. The normalized spacial score (nSPS) is 10.8. The molecule has 3 rings (SSSR count). The van der Waals surface area contributed by atoms with Crippen molar-refractivity contribution >= 4 is 21.7 Å². The molecule has 0 unspecified atom stereocenters. The maximum absolute atomic E-state index is 13.7. The Morgan fingerprint density at radius 3 is 2.33 bits per heavy atom. The molecule has 0 aliphatic rings. The van der Waals surface area contributed by atoms with Gasteiger partial charge in [0.25, 0.3) is 0 Å². The maximum atomic E-state index is 13.7. The Hall–Kier alpha value is -2.21. The van der Waals surface area contributed by atoms with E-state index in [1.54, 1.807) is 24.3 Å². The Morgan fingerprint density at radius 2 is 1.67 bits per heavy atom. The van der Waals surface area contributed by atoms with E-state index in [4.69, 9.17) is 10.3 Å². The van der Waals surface area contributed by atoms with Gasteiger partial charge in [-0.1, -0.05) is 17.3 Å². The zero-order chi connectivity index (χ0) is 15.0. The Labute approximate surface area is 127 Å². The van der Waals surface area contributed by atoms with Gasteiger partial charge in [0.05, 0.1) is 10.0 Å². The fourth-order valence-electron chi connectivity index (χ4n) is 2.03. The standard InChI is InChI=1S/C15H9BrF2N2O/c16-11-6-3-9(7-12(11)18)14-13(15(19)20-21-14)8-1-4-10(17)5-2-8/h1-7H,(H2,19,20). The van der Waals surface area contributed by atoms with E-state index in [2.05, 4.69) is 21.1 Å². The molecule has 21 heavy (non-hydrogen) atoms. The third-order valence-electron chi connectivity index (χ3n) is 3.03. The number of nitrogen functional groups attached to an aromatic ring is 1. The molecule has 3 aromatic rings. The summed E-state index contributed by atoms with van der Waals surface area (Å²) in [6.45, 7) is 0. The van der Waals surface area contributed by atoms with E-state index in [-0.39, 0.29) is 11.6 Å². The van der Waals surface area contributed by atoms with Gasteiger partial charge < -0.3 is 10.3 Å². The predicted octanol–water partition coefficient (Wildman–Crippen LogP) is 4.63. The molecule has 106 valence electrons. The zero-order valence-corrected chi connectivity index (χ0v) is 12.2. The second-order valence-corrected chi connectivity index (χ2v) is 5.26. The Morgan fingerprint density at radius 1 is 1.00 bits per heavy atom. The van der Waals surface area contributed by atoms with Gasteiger partial charge in [-0.3, -0.25) is 0 Å². The van der Waals surface area contributed by atoms with Crippen molar-refractivity contribution in [3.05, 3.63) is 58.6 Å². The largest absolute Gasteiger partial charge is 0.380 e. The summed E-state index contributed by atoms with van der Waals surface area (Å²) in [5.74, 6) is -0.275. The molecule has 2 aromatic carbocycles. The number of aromatic nitrogens is 1. The molecule has 0 saturated heterocycles. The molecule has 0 atom stereocenters. The molecule has 0 amide bonds. The summed E-state index contributed by atoms with van der Waals surface area (Å²) in [6.07, 6.45) is 0. The lowest BCUT2D eigenvalue weighted by Gasteiger charge is -2.04. The number of rotatable bonds is 2. The minimum Gasteiger partial charge on any atom is -0.380 e. The number of hydrogen-bond donors (Lipinski definition) is 1. The highest BCUT2D eigenvalue weighted by Gasteiger charge is 2.18. The van der Waals surface area contributed by atoms with Crippen molar-refractivity contribution in [3.63, 3.8) is 0 Å². The molecular weight excluding hydrogens is 342 g/mol. The Kier molecular flexibility index (Phi) is 3.47. The van der Waals surface area contributed by atoms with Gasteiger partial charge in [-0.25, -0.2) is 8.78 Å². The molecule has 0 bridgehead atoms. The summed E-state index contributed by atoms with van der Waals surface area (Å²) >= 11 is 3.09. The lowest BCUT2D eigenvalue weighted by Crippen LogP contribution is -1.89. The Balaban J connectivity index is 2.16. The number of anilines is 1. The van der Waals surface area contributed by atoms with Crippen molar-refractivity contribution in [2.24, 2.45) is 0 Å². The van der Waals surface area contributed by atoms with E-state index in [1.165, 1.54) is 18.2 Å². The van der Waals surface area contributed by atoms with Gasteiger partial charge in [0.2, 0.25) is 0 Å². The molecule has 6 heteroatoms. The van der Waals surface area contributed by atoms with Gasteiger partial charge in [0.1, 0.15) is 11.6 Å². The molecule has 2 N–H and O–H groups in total. The van der Waals surface area contributed by atoms with Crippen molar-refractivity contribution in [1.29, 1.82) is 0 Å². The van der Waals surface area contributed by atoms with E-state index >= 15 is 0 Å². The van der Waals surface area contributed by atoms with Crippen LogP contribution in [0.5, 0.6) is 0 Å². The lowest BCUT2D eigenvalue weighted by atomic mass is 10.0. The van der Waals surface area contributed by atoms with Crippen LogP contribution in [-0.2, 0) is 0 Å². The highest BCUT2D eigenvalue weighted by molar-refractivity contribution is 9.10. The van der Waals surface area contributed by atoms with E-state index in [0.717, 1.165) is 0 Å². The first kappa shape index (κ1) is 13.8. The number of halogens is 3. The SMILES string of the molecule is Nc1noc(-c2ccc(Br)c(F)c2)c1-c1ccc(F)cc1. The first-order valence-electron chi connectivity index (χ1n) is 6.03. The average molecular weight is 351 g/mol. The quantitative estimate of drug-likeness (QED) is 0.732. The molecule has 0 radical (unpaired) electrons. The molecule has 0 saturated carbocycles. The zero-order valence-electron chi connectivity index (χ0n) is 10.6. The van der Waals surface area contributed by atoms with E-state index in [1.807, 2.05) is 0 Å².